The van der Waals surface area contributed by atoms with E-state index in [-0.39, 0.29) is 28.2 Å². The fourth-order valence-electron chi connectivity index (χ4n) is 5.13. The van der Waals surface area contributed by atoms with Crippen molar-refractivity contribution in [3.63, 3.8) is 0 Å². The van der Waals surface area contributed by atoms with E-state index in [0.29, 0.717) is 47.1 Å². The molecule has 5 rings (SSSR count). The first-order valence-electron chi connectivity index (χ1n) is 10.4. The quantitative estimate of drug-likeness (QED) is 0.446. The van der Waals surface area contributed by atoms with Gasteiger partial charge in [-0.15, -0.1) is 0 Å². The third-order valence-corrected chi connectivity index (χ3v) is 6.99. The first-order chi connectivity index (χ1) is 14.9. The number of imide groups is 1. The average Bonchev–Trinajstić information content (AvgIpc) is 3.40. The van der Waals surface area contributed by atoms with Gasteiger partial charge >= 0.3 is 6.03 Å². The van der Waals surface area contributed by atoms with E-state index >= 15 is 0 Å². The number of aromatic nitrogens is 1. The number of fused-ring (bicyclic) bond motifs is 2. The number of nitriles is 1. The van der Waals surface area contributed by atoms with Crippen molar-refractivity contribution in [2.45, 2.75) is 25.9 Å². The summed E-state index contributed by atoms with van der Waals surface area (Å²) in [5, 5.41) is 14.0. The Balaban J connectivity index is 1.57. The van der Waals surface area contributed by atoms with Gasteiger partial charge < -0.3 is 5.32 Å². The topological polar surface area (TPSA) is 89.3 Å². The minimum atomic E-state index is -0.473. The molecule has 1 spiro atoms. The maximum absolute atomic E-state index is 13.9. The summed E-state index contributed by atoms with van der Waals surface area (Å²) in [6.45, 7) is 6.64. The predicted molar refractivity (Wildman–Crippen MR) is 119 cm³/mol. The van der Waals surface area contributed by atoms with Crippen molar-refractivity contribution in [1.82, 2.24) is 15.2 Å². The lowest BCUT2D eigenvalue weighted by molar-refractivity contribution is -0.851. The van der Waals surface area contributed by atoms with Crippen molar-refractivity contribution in [2.75, 3.05) is 31.2 Å². The van der Waals surface area contributed by atoms with Crippen LogP contribution in [-0.2, 0) is 4.79 Å². The number of anilines is 1. The molecular formula is C22H23N6O2S+. The Labute approximate surface area is 185 Å². The average molecular weight is 436 g/mol. The highest BCUT2D eigenvalue weighted by atomic mass is 32.1. The zero-order valence-corrected chi connectivity index (χ0v) is 18.2. The summed E-state index contributed by atoms with van der Waals surface area (Å²) in [7, 11) is 0. The highest BCUT2D eigenvalue weighted by Gasteiger charge is 2.73. The largest absolute Gasteiger partial charge is 0.433 e. The zero-order valence-electron chi connectivity index (χ0n) is 17.4. The number of rotatable bonds is 4. The fraction of sp³-hybridized carbons (Fsp3) is 0.409. The van der Waals surface area contributed by atoms with E-state index < -0.39 is 6.04 Å². The van der Waals surface area contributed by atoms with Gasteiger partial charge in [0.05, 0.1) is 25.0 Å². The van der Waals surface area contributed by atoms with Crippen molar-refractivity contribution >= 4 is 45.6 Å². The predicted octanol–water partition coefficient (Wildman–Crippen LogP) is 1.99. The van der Waals surface area contributed by atoms with Crippen LogP contribution < -0.4 is 10.2 Å². The maximum Gasteiger partial charge on any atom is 0.433 e. The van der Waals surface area contributed by atoms with E-state index in [0.717, 1.165) is 6.54 Å². The van der Waals surface area contributed by atoms with Gasteiger partial charge in [-0.05, 0) is 5.92 Å². The van der Waals surface area contributed by atoms with Gasteiger partial charge in [0.1, 0.15) is 23.4 Å². The number of nitrogens with one attached hydrogen (secondary N) is 1. The van der Waals surface area contributed by atoms with Gasteiger partial charge in [0.2, 0.25) is 0 Å². The fourth-order valence-corrected chi connectivity index (χ4v) is 5.47. The van der Waals surface area contributed by atoms with Gasteiger partial charge in [-0.3, -0.25) is 4.79 Å². The molecule has 0 aliphatic carbocycles. The van der Waals surface area contributed by atoms with E-state index in [1.807, 2.05) is 18.2 Å². The lowest BCUT2D eigenvalue weighted by Crippen LogP contribution is -2.64. The van der Waals surface area contributed by atoms with Gasteiger partial charge in [0, 0.05) is 17.3 Å². The smallest absolute Gasteiger partial charge is 0.374 e. The minimum Gasteiger partial charge on any atom is -0.374 e. The van der Waals surface area contributed by atoms with Gasteiger partial charge in [0.15, 0.2) is 12.1 Å². The van der Waals surface area contributed by atoms with Crippen LogP contribution in [0.5, 0.6) is 0 Å². The van der Waals surface area contributed by atoms with Crippen LogP contribution in [0, 0.1) is 17.2 Å². The van der Waals surface area contributed by atoms with Crippen molar-refractivity contribution in [3.05, 3.63) is 36.2 Å². The number of amides is 3. The molecule has 9 heteroatoms. The van der Waals surface area contributed by atoms with Gasteiger partial charge in [0.25, 0.3) is 5.91 Å². The molecule has 0 saturated carbocycles. The number of piperazine rings is 1. The van der Waals surface area contributed by atoms with Crippen LogP contribution in [0.25, 0.3) is 10.8 Å². The number of quaternary nitrogens is 1. The molecule has 0 radical (unpaired) electrons. The number of carbonyl (C=O) groups is 2. The molecular weight excluding hydrogens is 412 g/mol. The molecule has 8 nitrogen and oxygen atoms in total. The summed E-state index contributed by atoms with van der Waals surface area (Å²) in [6.07, 6.45) is 1.47. The summed E-state index contributed by atoms with van der Waals surface area (Å²) >= 11 is 5.69. The van der Waals surface area contributed by atoms with Crippen LogP contribution >= 0.6 is 12.2 Å². The number of urea groups is 1. The summed E-state index contributed by atoms with van der Waals surface area (Å²) in [5.74, 6) is 0.201. The van der Waals surface area contributed by atoms with Crippen LogP contribution in [0.3, 0.4) is 0 Å². The van der Waals surface area contributed by atoms with Crippen LogP contribution in [0.1, 0.15) is 19.5 Å². The van der Waals surface area contributed by atoms with Crippen LogP contribution in [0.15, 0.2) is 30.5 Å². The Hall–Kier alpha value is -2.93. The van der Waals surface area contributed by atoms with Gasteiger partial charge in [-0.2, -0.15) is 10.2 Å². The van der Waals surface area contributed by atoms with E-state index in [4.69, 9.17) is 12.2 Å². The van der Waals surface area contributed by atoms with E-state index in [9.17, 15) is 14.9 Å². The molecule has 3 aliphatic rings. The standard InChI is InChI=1S/C22H22N6O2S/c1-13(2)8-25-20(31)18-10-26-11-19-21(29)27(22(30)28(18,19)12-26)17-9-24-16(7-23)14-5-3-4-6-15(14)17/h3-6,9,13,18-19H,8,10-12H2,1-2H3/p+1. The second-order valence-electron chi connectivity index (χ2n) is 8.88. The number of carbonyl (C=O) groups excluding carboxylic acids is 2. The minimum absolute atomic E-state index is 0.0249. The van der Waals surface area contributed by atoms with Crippen molar-refractivity contribution in [2.24, 2.45) is 5.92 Å². The number of thiocarbonyl (C=S) groups is 1. The molecule has 1 N–H and O–H groups in total. The second kappa shape index (κ2) is 7.05. The molecule has 1 aromatic carbocycles. The lowest BCUT2D eigenvalue weighted by Gasteiger charge is -2.34. The van der Waals surface area contributed by atoms with Gasteiger partial charge in [-0.25, -0.2) is 19.2 Å². The monoisotopic (exact) mass is 435 g/mol. The first-order valence-corrected chi connectivity index (χ1v) is 10.8. The molecule has 1 aromatic heterocycles. The number of hydrogen-bond donors (Lipinski definition) is 1. The Bertz CT molecular complexity index is 1170. The number of hydrogen-bond acceptors (Lipinski definition) is 6. The Kier molecular flexibility index (Phi) is 4.55. The van der Waals surface area contributed by atoms with Gasteiger partial charge in [-0.1, -0.05) is 50.3 Å². The zero-order chi connectivity index (χ0) is 21.9. The summed E-state index contributed by atoms with van der Waals surface area (Å²) in [4.78, 5) is 35.7. The molecule has 3 fully saturated rings. The number of benzene rings is 1. The maximum atomic E-state index is 13.9. The molecule has 2 bridgehead atoms. The third kappa shape index (κ3) is 2.72. The lowest BCUT2D eigenvalue weighted by atomic mass is 10.1. The third-order valence-electron chi connectivity index (χ3n) is 6.57. The first kappa shape index (κ1) is 20.0. The number of nitrogens with zero attached hydrogens (tertiary/aromatic N) is 5. The second-order valence-corrected chi connectivity index (χ2v) is 9.32. The molecule has 3 aliphatic heterocycles. The van der Waals surface area contributed by atoms with Crippen LogP contribution in [-0.4, -0.2) is 69.7 Å². The molecule has 158 valence electrons. The van der Waals surface area contributed by atoms with Crippen LogP contribution in [0.2, 0.25) is 0 Å². The van der Waals surface area contributed by atoms with Crippen molar-refractivity contribution in [3.8, 4) is 6.07 Å². The van der Waals surface area contributed by atoms with E-state index in [1.54, 1.807) is 6.07 Å². The molecule has 4 heterocycles. The van der Waals surface area contributed by atoms with Crippen molar-refractivity contribution in [1.29, 1.82) is 5.26 Å². The Morgan fingerprint density at radius 2 is 2.06 bits per heavy atom. The van der Waals surface area contributed by atoms with E-state index in [1.165, 1.54) is 11.1 Å². The Morgan fingerprint density at radius 3 is 2.77 bits per heavy atom. The normalized spacial score (nSPS) is 29.0. The molecule has 2 aromatic rings. The Morgan fingerprint density at radius 1 is 1.32 bits per heavy atom. The summed E-state index contributed by atoms with van der Waals surface area (Å²) < 4.78 is 0.0249. The number of pyridine rings is 1. The highest BCUT2D eigenvalue weighted by Crippen LogP contribution is 2.44. The molecule has 4 atom stereocenters. The molecule has 31 heavy (non-hydrogen) atoms. The molecule has 3 saturated heterocycles. The highest BCUT2D eigenvalue weighted by molar-refractivity contribution is 7.80. The molecule has 3 amide bonds. The summed E-state index contributed by atoms with van der Waals surface area (Å²) in [5.41, 5.74) is 0.708. The van der Waals surface area contributed by atoms with E-state index in [2.05, 4.69) is 35.1 Å². The molecule has 4 unspecified atom stereocenters. The summed E-state index contributed by atoms with van der Waals surface area (Å²) in [6, 6.07) is 8.36. The van der Waals surface area contributed by atoms with Crippen molar-refractivity contribution < 1.29 is 14.1 Å². The SMILES string of the molecule is CC(C)CNC(=S)C1CN2CC3C(=O)N(c4cnc(C#N)c5ccccc45)C(=O)[N+]31C2. The van der Waals surface area contributed by atoms with Crippen LogP contribution in [0.4, 0.5) is 10.5 Å².